The van der Waals surface area contributed by atoms with Crippen LogP contribution >= 0.6 is 0 Å². The number of ether oxygens (including phenoxy) is 1. The van der Waals surface area contributed by atoms with Gasteiger partial charge in [-0.3, -0.25) is 14.5 Å². The summed E-state index contributed by atoms with van der Waals surface area (Å²) in [6, 6.07) is 8.47. The molecule has 2 rings (SSSR count). The van der Waals surface area contributed by atoms with Gasteiger partial charge in [0, 0.05) is 0 Å². The van der Waals surface area contributed by atoms with E-state index in [4.69, 9.17) is 4.74 Å². The molecule has 1 heterocycles. The topological polar surface area (TPSA) is 66.9 Å². The van der Waals surface area contributed by atoms with Crippen LogP contribution in [-0.4, -0.2) is 53.9 Å². The molecule has 0 spiro atoms. The molecule has 1 aromatic carbocycles. The number of esters is 1. The van der Waals surface area contributed by atoms with Gasteiger partial charge < -0.3 is 4.74 Å². The van der Waals surface area contributed by atoms with Crippen molar-refractivity contribution in [3.63, 3.8) is 0 Å². The van der Waals surface area contributed by atoms with E-state index >= 15 is 0 Å². The van der Waals surface area contributed by atoms with E-state index in [1.54, 1.807) is 30.3 Å². The summed E-state index contributed by atoms with van der Waals surface area (Å²) in [5, 5.41) is 0. The minimum absolute atomic E-state index is 0.189. The van der Waals surface area contributed by atoms with Gasteiger partial charge in [-0.05, 0) is 25.1 Å². The van der Waals surface area contributed by atoms with E-state index in [9.17, 15) is 14.4 Å². The molecule has 6 nitrogen and oxygen atoms in total. The van der Waals surface area contributed by atoms with Gasteiger partial charge in [0.05, 0.1) is 18.7 Å². The lowest BCUT2D eigenvalue weighted by molar-refractivity contribution is -0.155. The van der Waals surface area contributed by atoms with Crippen molar-refractivity contribution in [2.45, 2.75) is 19.8 Å². The first-order valence-corrected chi connectivity index (χ1v) is 7.39. The second kappa shape index (κ2) is 7.70. The highest BCUT2D eigenvalue weighted by atomic mass is 16.5. The molecule has 0 atom stereocenters. The van der Waals surface area contributed by atoms with Crippen LogP contribution in [0.2, 0.25) is 0 Å². The molecule has 2 amide bonds. The SMILES string of the molecule is CCCCN1CC(=O)N(COC(=O)c2ccccc2)C(=O)C1. The monoisotopic (exact) mass is 304 g/mol. The zero-order valence-electron chi connectivity index (χ0n) is 12.7. The Morgan fingerprint density at radius 2 is 1.77 bits per heavy atom. The fraction of sp³-hybridized carbons (Fsp3) is 0.438. The summed E-state index contributed by atoms with van der Waals surface area (Å²) in [7, 11) is 0. The number of unbranched alkanes of at least 4 members (excludes halogenated alkanes) is 1. The van der Waals surface area contributed by atoms with E-state index in [1.807, 2.05) is 4.90 Å². The number of carbonyl (C=O) groups is 3. The highest BCUT2D eigenvalue weighted by Crippen LogP contribution is 2.08. The Bertz CT molecular complexity index is 526. The summed E-state index contributed by atoms with van der Waals surface area (Å²) < 4.78 is 5.05. The van der Waals surface area contributed by atoms with Crippen molar-refractivity contribution in [2.75, 3.05) is 26.4 Å². The summed E-state index contributed by atoms with van der Waals surface area (Å²) in [6.07, 6.45) is 1.96. The average molecular weight is 304 g/mol. The second-order valence-corrected chi connectivity index (χ2v) is 5.21. The third-order valence-corrected chi connectivity index (χ3v) is 3.48. The van der Waals surface area contributed by atoms with E-state index in [-0.39, 0.29) is 31.6 Å². The Labute approximate surface area is 129 Å². The van der Waals surface area contributed by atoms with E-state index in [0.29, 0.717) is 5.56 Å². The zero-order valence-corrected chi connectivity index (χ0v) is 12.7. The summed E-state index contributed by atoms with van der Waals surface area (Å²) in [6.45, 7) is 2.84. The van der Waals surface area contributed by atoms with Gasteiger partial charge in [0.25, 0.3) is 0 Å². The number of nitrogens with zero attached hydrogens (tertiary/aromatic N) is 2. The average Bonchev–Trinajstić information content (AvgIpc) is 2.52. The molecule has 6 heteroatoms. The van der Waals surface area contributed by atoms with Crippen LogP contribution in [0.5, 0.6) is 0 Å². The molecule has 1 aromatic rings. The number of hydrogen-bond acceptors (Lipinski definition) is 5. The molecule has 0 unspecified atom stereocenters. The first kappa shape index (κ1) is 16.2. The van der Waals surface area contributed by atoms with Crippen molar-refractivity contribution >= 4 is 17.8 Å². The highest BCUT2D eigenvalue weighted by Gasteiger charge is 2.31. The van der Waals surface area contributed by atoms with Crippen molar-refractivity contribution in [2.24, 2.45) is 0 Å². The molecule has 0 radical (unpaired) electrons. The number of amides is 2. The van der Waals surface area contributed by atoms with Gasteiger partial charge >= 0.3 is 5.97 Å². The summed E-state index contributed by atoms with van der Waals surface area (Å²) >= 11 is 0. The molecule has 0 bridgehead atoms. The van der Waals surface area contributed by atoms with Crippen molar-refractivity contribution in [3.8, 4) is 0 Å². The van der Waals surface area contributed by atoms with Crippen LogP contribution in [0.15, 0.2) is 30.3 Å². The summed E-state index contributed by atoms with van der Waals surface area (Å²) in [5.41, 5.74) is 0.393. The third kappa shape index (κ3) is 4.14. The number of carbonyl (C=O) groups excluding carboxylic acids is 3. The van der Waals surface area contributed by atoms with Gasteiger partial charge in [-0.15, -0.1) is 0 Å². The molecule has 0 N–H and O–H groups in total. The van der Waals surface area contributed by atoms with Gasteiger partial charge in [-0.25, -0.2) is 9.69 Å². The standard InChI is InChI=1S/C16H20N2O4/c1-2-3-9-17-10-14(19)18(15(20)11-17)12-22-16(21)13-7-5-4-6-8-13/h4-8H,2-3,9-12H2,1H3. The van der Waals surface area contributed by atoms with E-state index in [1.165, 1.54) is 0 Å². The minimum Gasteiger partial charge on any atom is -0.440 e. The van der Waals surface area contributed by atoms with Gasteiger partial charge in [-0.2, -0.15) is 0 Å². The van der Waals surface area contributed by atoms with Crippen molar-refractivity contribution in [3.05, 3.63) is 35.9 Å². The first-order chi connectivity index (χ1) is 10.6. The van der Waals surface area contributed by atoms with Crippen LogP contribution in [0.4, 0.5) is 0 Å². The van der Waals surface area contributed by atoms with Crippen LogP contribution < -0.4 is 0 Å². The summed E-state index contributed by atoms with van der Waals surface area (Å²) in [4.78, 5) is 38.6. The van der Waals surface area contributed by atoms with Crippen LogP contribution in [0.3, 0.4) is 0 Å². The number of piperazine rings is 1. The maximum atomic E-state index is 12.0. The molecule has 1 fully saturated rings. The maximum absolute atomic E-state index is 12.0. The third-order valence-electron chi connectivity index (χ3n) is 3.48. The Hall–Kier alpha value is -2.21. The predicted molar refractivity (Wildman–Crippen MR) is 79.9 cm³/mol. The molecular weight excluding hydrogens is 284 g/mol. The number of rotatable bonds is 6. The number of imide groups is 1. The normalized spacial score (nSPS) is 16.0. The Kier molecular flexibility index (Phi) is 5.66. The molecule has 118 valence electrons. The minimum atomic E-state index is -0.547. The maximum Gasteiger partial charge on any atom is 0.339 e. The Morgan fingerprint density at radius 1 is 1.14 bits per heavy atom. The van der Waals surface area contributed by atoms with Crippen LogP contribution in [0.1, 0.15) is 30.1 Å². The van der Waals surface area contributed by atoms with Gasteiger partial charge in [0.15, 0.2) is 6.73 Å². The fourth-order valence-corrected chi connectivity index (χ4v) is 2.21. The van der Waals surface area contributed by atoms with Crippen molar-refractivity contribution in [1.82, 2.24) is 9.80 Å². The van der Waals surface area contributed by atoms with Gasteiger partial charge in [0.2, 0.25) is 11.8 Å². The van der Waals surface area contributed by atoms with E-state index < -0.39 is 5.97 Å². The summed E-state index contributed by atoms with van der Waals surface area (Å²) in [5.74, 6) is -1.20. The quantitative estimate of drug-likeness (QED) is 0.585. The molecule has 1 aliphatic rings. The van der Waals surface area contributed by atoms with E-state index in [0.717, 1.165) is 24.3 Å². The number of hydrogen-bond donors (Lipinski definition) is 0. The second-order valence-electron chi connectivity index (χ2n) is 5.21. The fourth-order valence-electron chi connectivity index (χ4n) is 2.21. The molecule has 22 heavy (non-hydrogen) atoms. The predicted octanol–water partition coefficient (Wildman–Crippen LogP) is 1.27. The number of benzene rings is 1. The van der Waals surface area contributed by atoms with E-state index in [2.05, 4.69) is 6.92 Å². The molecular formula is C16H20N2O4. The molecule has 1 aliphatic heterocycles. The van der Waals surface area contributed by atoms with Gasteiger partial charge in [0.1, 0.15) is 0 Å². The highest BCUT2D eigenvalue weighted by molar-refractivity contribution is 5.99. The van der Waals surface area contributed by atoms with Crippen molar-refractivity contribution in [1.29, 1.82) is 0 Å². The Morgan fingerprint density at radius 3 is 2.36 bits per heavy atom. The Balaban J connectivity index is 1.87. The first-order valence-electron chi connectivity index (χ1n) is 7.39. The van der Waals surface area contributed by atoms with Crippen LogP contribution in [0.25, 0.3) is 0 Å². The van der Waals surface area contributed by atoms with Crippen molar-refractivity contribution < 1.29 is 19.1 Å². The molecule has 0 aromatic heterocycles. The zero-order chi connectivity index (χ0) is 15.9. The van der Waals surface area contributed by atoms with Gasteiger partial charge in [-0.1, -0.05) is 31.5 Å². The molecule has 0 saturated carbocycles. The largest absolute Gasteiger partial charge is 0.440 e. The smallest absolute Gasteiger partial charge is 0.339 e. The lowest BCUT2D eigenvalue weighted by Gasteiger charge is -2.32. The lowest BCUT2D eigenvalue weighted by atomic mass is 10.2. The lowest BCUT2D eigenvalue weighted by Crippen LogP contribution is -2.54. The molecule has 1 saturated heterocycles. The molecule has 0 aliphatic carbocycles. The van der Waals surface area contributed by atoms with Crippen LogP contribution in [-0.2, 0) is 14.3 Å². The van der Waals surface area contributed by atoms with Crippen LogP contribution in [0, 0.1) is 0 Å².